The van der Waals surface area contributed by atoms with Crippen molar-refractivity contribution in [2.75, 3.05) is 26.9 Å². The predicted molar refractivity (Wildman–Crippen MR) is 81.9 cm³/mol. The van der Waals surface area contributed by atoms with Gasteiger partial charge >= 0.3 is 6.09 Å². The lowest BCUT2D eigenvalue weighted by Gasteiger charge is -2.22. The summed E-state index contributed by atoms with van der Waals surface area (Å²) in [5, 5.41) is 2.59. The number of fused-ring (bicyclic) bond motifs is 1. The summed E-state index contributed by atoms with van der Waals surface area (Å²) < 4.78 is 35.6. The van der Waals surface area contributed by atoms with E-state index in [1.807, 2.05) is 0 Å². The maximum atomic E-state index is 14.6. The van der Waals surface area contributed by atoms with Crippen LogP contribution in [0.1, 0.15) is 26.3 Å². The van der Waals surface area contributed by atoms with E-state index in [1.165, 1.54) is 7.11 Å². The Morgan fingerprint density at radius 2 is 2.04 bits per heavy atom. The minimum Gasteiger partial charge on any atom is -0.496 e. The van der Waals surface area contributed by atoms with Crippen LogP contribution in [0.2, 0.25) is 0 Å². The first-order chi connectivity index (χ1) is 10.8. The van der Waals surface area contributed by atoms with Gasteiger partial charge in [-0.3, -0.25) is 0 Å². The zero-order valence-electron chi connectivity index (χ0n) is 13.8. The van der Waals surface area contributed by atoms with Crippen molar-refractivity contribution < 1.29 is 28.1 Å². The summed E-state index contributed by atoms with van der Waals surface area (Å²) in [6, 6.07) is 1.60. The number of hydrogen-bond donors (Lipinski definition) is 1. The van der Waals surface area contributed by atoms with Gasteiger partial charge in [0.05, 0.1) is 7.11 Å². The van der Waals surface area contributed by atoms with E-state index in [2.05, 4.69) is 5.32 Å². The van der Waals surface area contributed by atoms with Crippen molar-refractivity contribution in [2.45, 2.75) is 32.8 Å². The van der Waals surface area contributed by atoms with Crippen molar-refractivity contribution in [3.05, 3.63) is 17.4 Å². The van der Waals surface area contributed by atoms with Gasteiger partial charge in [0.1, 0.15) is 24.6 Å². The van der Waals surface area contributed by atoms with Crippen molar-refractivity contribution in [3.8, 4) is 17.2 Å². The molecule has 1 amide bonds. The highest BCUT2D eigenvalue weighted by Gasteiger charge is 2.24. The average molecular weight is 327 g/mol. The third kappa shape index (κ3) is 4.40. The number of methoxy groups -OCH3 is 1. The molecule has 6 nitrogen and oxygen atoms in total. The Balaban J connectivity index is 2.06. The van der Waals surface area contributed by atoms with Crippen LogP contribution in [0.15, 0.2) is 6.07 Å². The van der Waals surface area contributed by atoms with E-state index in [9.17, 15) is 9.18 Å². The van der Waals surface area contributed by atoms with E-state index in [0.29, 0.717) is 30.3 Å². The smallest absolute Gasteiger partial charge is 0.407 e. The third-order valence-corrected chi connectivity index (χ3v) is 3.10. The van der Waals surface area contributed by atoms with Crippen molar-refractivity contribution in [2.24, 2.45) is 0 Å². The van der Waals surface area contributed by atoms with Crippen LogP contribution >= 0.6 is 0 Å². The summed E-state index contributed by atoms with van der Waals surface area (Å²) in [5.74, 6) is 0.251. The van der Waals surface area contributed by atoms with Crippen LogP contribution in [0.3, 0.4) is 0 Å². The van der Waals surface area contributed by atoms with Gasteiger partial charge in [0.15, 0.2) is 17.3 Å². The first kappa shape index (κ1) is 17.2. The molecule has 23 heavy (non-hydrogen) atoms. The van der Waals surface area contributed by atoms with Gasteiger partial charge in [0, 0.05) is 18.2 Å². The van der Waals surface area contributed by atoms with Crippen LogP contribution in [0.25, 0.3) is 0 Å². The van der Waals surface area contributed by atoms with E-state index in [4.69, 9.17) is 18.9 Å². The number of carbonyl (C=O) groups excluding carboxylic acids is 1. The summed E-state index contributed by atoms with van der Waals surface area (Å²) in [4.78, 5) is 11.6. The van der Waals surface area contributed by atoms with Crippen LogP contribution in [0.4, 0.5) is 9.18 Å². The Bertz CT molecular complexity index is 583. The topological polar surface area (TPSA) is 66.0 Å². The molecule has 1 aliphatic rings. The quantitative estimate of drug-likeness (QED) is 0.921. The molecule has 1 aromatic carbocycles. The molecular weight excluding hydrogens is 305 g/mol. The largest absolute Gasteiger partial charge is 0.496 e. The van der Waals surface area contributed by atoms with E-state index < -0.39 is 17.5 Å². The molecule has 0 spiro atoms. The SMILES string of the molecule is COc1cc2c(c(F)c1CCNC(=O)OC(C)(C)C)OCCO2. The molecule has 0 radical (unpaired) electrons. The van der Waals surface area contributed by atoms with Crippen LogP contribution < -0.4 is 19.5 Å². The number of alkyl carbamates (subject to hydrolysis) is 1. The third-order valence-electron chi connectivity index (χ3n) is 3.10. The molecule has 0 saturated heterocycles. The molecule has 0 fully saturated rings. The van der Waals surface area contributed by atoms with Gasteiger partial charge in [-0.25, -0.2) is 9.18 Å². The zero-order chi connectivity index (χ0) is 17.0. The molecule has 0 atom stereocenters. The minimum atomic E-state index is -0.579. The molecule has 1 N–H and O–H groups in total. The van der Waals surface area contributed by atoms with Gasteiger partial charge in [-0.15, -0.1) is 0 Å². The molecular formula is C16H22FNO5. The fraction of sp³-hybridized carbons (Fsp3) is 0.562. The Labute approximate surface area is 134 Å². The number of carbonyl (C=O) groups is 1. The van der Waals surface area contributed by atoms with Crippen molar-refractivity contribution >= 4 is 6.09 Å². The second kappa shape index (κ2) is 6.93. The van der Waals surface area contributed by atoms with E-state index in [-0.39, 0.29) is 18.7 Å². The number of amides is 1. The fourth-order valence-corrected chi connectivity index (χ4v) is 2.18. The first-order valence-corrected chi connectivity index (χ1v) is 7.43. The average Bonchev–Trinajstić information content (AvgIpc) is 2.47. The fourth-order valence-electron chi connectivity index (χ4n) is 2.18. The van der Waals surface area contributed by atoms with Gasteiger partial charge < -0.3 is 24.3 Å². The second-order valence-corrected chi connectivity index (χ2v) is 6.07. The Hall–Kier alpha value is -2.18. The number of benzene rings is 1. The molecule has 2 rings (SSSR count). The number of hydrogen-bond acceptors (Lipinski definition) is 5. The minimum absolute atomic E-state index is 0.0873. The molecule has 1 aliphatic heterocycles. The van der Waals surface area contributed by atoms with E-state index in [1.54, 1.807) is 26.8 Å². The highest BCUT2D eigenvalue weighted by Crippen LogP contribution is 2.40. The van der Waals surface area contributed by atoms with Crippen LogP contribution in [0, 0.1) is 5.82 Å². The molecule has 0 aliphatic carbocycles. The van der Waals surface area contributed by atoms with Crippen LogP contribution in [0.5, 0.6) is 17.2 Å². The van der Waals surface area contributed by atoms with Crippen molar-refractivity contribution in [3.63, 3.8) is 0 Å². The molecule has 1 aromatic rings. The number of nitrogens with one attached hydrogen (secondary N) is 1. The van der Waals surface area contributed by atoms with Crippen molar-refractivity contribution in [1.82, 2.24) is 5.32 Å². The highest BCUT2D eigenvalue weighted by molar-refractivity contribution is 5.67. The molecule has 7 heteroatoms. The summed E-state index contributed by atoms with van der Waals surface area (Å²) in [6.45, 7) is 6.20. The maximum absolute atomic E-state index is 14.6. The Morgan fingerprint density at radius 1 is 1.35 bits per heavy atom. The summed E-state index contributed by atoms with van der Waals surface area (Å²) in [7, 11) is 1.45. The van der Waals surface area contributed by atoms with Crippen LogP contribution in [-0.4, -0.2) is 38.6 Å². The summed E-state index contributed by atoms with van der Waals surface area (Å²) in [6.07, 6.45) is -0.306. The summed E-state index contributed by atoms with van der Waals surface area (Å²) >= 11 is 0. The second-order valence-electron chi connectivity index (χ2n) is 6.07. The lowest BCUT2D eigenvalue weighted by Crippen LogP contribution is -2.33. The van der Waals surface area contributed by atoms with Gasteiger partial charge in [0.2, 0.25) is 0 Å². The standard InChI is InChI=1S/C16H22FNO5/c1-16(2,3)23-15(19)18-6-5-10-11(20-4)9-12-14(13(10)17)22-8-7-21-12/h9H,5-8H2,1-4H3,(H,18,19). The lowest BCUT2D eigenvalue weighted by atomic mass is 10.1. The van der Waals surface area contributed by atoms with E-state index in [0.717, 1.165) is 0 Å². The van der Waals surface area contributed by atoms with Gasteiger partial charge in [-0.2, -0.15) is 0 Å². The van der Waals surface area contributed by atoms with Crippen molar-refractivity contribution in [1.29, 1.82) is 0 Å². The molecule has 0 saturated carbocycles. The number of ether oxygens (including phenoxy) is 4. The van der Waals surface area contributed by atoms with Gasteiger partial charge in [-0.05, 0) is 27.2 Å². The van der Waals surface area contributed by atoms with Gasteiger partial charge in [-0.1, -0.05) is 0 Å². The zero-order valence-corrected chi connectivity index (χ0v) is 13.8. The molecule has 128 valence electrons. The summed E-state index contributed by atoms with van der Waals surface area (Å²) in [5.41, 5.74) is -0.253. The monoisotopic (exact) mass is 327 g/mol. The molecule has 0 aromatic heterocycles. The maximum Gasteiger partial charge on any atom is 0.407 e. The Kier molecular flexibility index (Phi) is 5.18. The highest BCUT2D eigenvalue weighted by atomic mass is 19.1. The van der Waals surface area contributed by atoms with Crippen LogP contribution in [-0.2, 0) is 11.2 Å². The van der Waals surface area contributed by atoms with Gasteiger partial charge in [0.25, 0.3) is 0 Å². The molecule has 0 bridgehead atoms. The normalized spacial score (nSPS) is 13.4. The first-order valence-electron chi connectivity index (χ1n) is 7.43. The molecule has 1 heterocycles. The number of halogens is 1. The molecule has 0 unspecified atom stereocenters. The lowest BCUT2D eigenvalue weighted by molar-refractivity contribution is 0.0528. The number of rotatable bonds is 4. The predicted octanol–water partition coefficient (Wildman–Crippen LogP) is 2.67. The Morgan fingerprint density at radius 3 is 2.70 bits per heavy atom. The van der Waals surface area contributed by atoms with E-state index >= 15 is 0 Å².